The van der Waals surface area contributed by atoms with E-state index in [0.717, 1.165) is 116 Å². The summed E-state index contributed by atoms with van der Waals surface area (Å²) in [6.45, 7) is 8.62. The molecule has 0 heterocycles. The molecule has 2 amide bonds. The highest BCUT2D eigenvalue weighted by Gasteiger charge is 2.28. The number of hydrogen-bond donors (Lipinski definition) is 4. The molecule has 0 spiro atoms. The monoisotopic (exact) mass is 1070 g/mol. The van der Waals surface area contributed by atoms with Crippen molar-refractivity contribution < 1.29 is 66.9 Å². The van der Waals surface area contributed by atoms with Crippen LogP contribution in [0.4, 0.5) is 0 Å². The first-order chi connectivity index (χ1) is 35.8. The molecule has 0 aliphatic heterocycles. The van der Waals surface area contributed by atoms with Crippen molar-refractivity contribution in [3.8, 4) is 0 Å². The van der Waals surface area contributed by atoms with Gasteiger partial charge in [0.15, 0.2) is 13.1 Å². The van der Waals surface area contributed by atoms with Gasteiger partial charge in [-0.15, -0.1) is 0 Å². The number of likely N-dealkylation sites (N-methyl/N-ethyl adjacent to an activating group) is 2. The van der Waals surface area contributed by atoms with Crippen LogP contribution in [0.5, 0.6) is 0 Å². The Labute approximate surface area is 455 Å². The minimum absolute atomic E-state index is 0.0186. The predicted octanol–water partition coefficient (Wildman–Crippen LogP) is 9.86. The Morgan fingerprint density at radius 3 is 1.40 bits per heavy atom. The van der Waals surface area contributed by atoms with Gasteiger partial charge in [-0.2, -0.15) is 0 Å². The number of quaternary nitrogens is 2. The summed E-state index contributed by atoms with van der Waals surface area (Å²) in [7, 11) is 7.47. The maximum Gasteiger partial charge on any atom is 0.362 e. The lowest BCUT2D eigenvalue weighted by molar-refractivity contribution is -0.883. The number of aliphatic hydroxyl groups is 2. The number of nitrogens with one attached hydrogen (secondary N) is 2. The van der Waals surface area contributed by atoms with Crippen LogP contribution in [0.3, 0.4) is 0 Å². The zero-order valence-electron chi connectivity index (χ0n) is 48.7. The number of nitrogens with zero attached hydrogens (tertiary/aromatic N) is 2. The van der Waals surface area contributed by atoms with Gasteiger partial charge >= 0.3 is 23.9 Å². The van der Waals surface area contributed by atoms with Crippen molar-refractivity contribution in [3.63, 3.8) is 0 Å². The number of aliphatic hydroxyl groups excluding tert-OH is 2. The summed E-state index contributed by atoms with van der Waals surface area (Å²) in [6, 6.07) is 0. The van der Waals surface area contributed by atoms with Crippen molar-refractivity contribution in [1.29, 1.82) is 0 Å². The highest BCUT2D eigenvalue weighted by Crippen LogP contribution is 2.17. The molecule has 0 saturated carbocycles. The average molecular weight is 1070 g/mol. The zero-order valence-corrected chi connectivity index (χ0v) is 48.7. The van der Waals surface area contributed by atoms with E-state index in [9.17, 15) is 39.0 Å². The van der Waals surface area contributed by atoms with E-state index in [-0.39, 0.29) is 68.8 Å². The Morgan fingerprint density at radius 2 is 0.907 bits per heavy atom. The van der Waals surface area contributed by atoms with Gasteiger partial charge in [-0.25, -0.2) is 9.59 Å². The molecule has 16 nitrogen and oxygen atoms in total. The minimum Gasteiger partial charge on any atom is -0.460 e. The van der Waals surface area contributed by atoms with Crippen molar-refractivity contribution in [2.24, 2.45) is 0 Å². The van der Waals surface area contributed by atoms with E-state index in [0.29, 0.717) is 54.2 Å². The molecular formula is C59H110N4O12+2. The Kier molecular flexibility index (Phi) is 43.9. The van der Waals surface area contributed by atoms with E-state index in [1.54, 1.807) is 0 Å². The summed E-state index contributed by atoms with van der Waals surface area (Å²) in [5.74, 6) is -1.53. The predicted molar refractivity (Wildman–Crippen MR) is 298 cm³/mol. The molecule has 75 heavy (non-hydrogen) atoms. The third-order valence-electron chi connectivity index (χ3n) is 13.3. The van der Waals surface area contributed by atoms with Crippen molar-refractivity contribution >= 4 is 35.7 Å². The molecule has 0 aliphatic carbocycles. The molecule has 0 bridgehead atoms. The second kappa shape index (κ2) is 46.3. The largest absolute Gasteiger partial charge is 0.460 e. The fourth-order valence-corrected chi connectivity index (χ4v) is 8.57. The summed E-state index contributed by atoms with van der Waals surface area (Å²) >= 11 is 0. The molecule has 0 aromatic heterocycles. The van der Waals surface area contributed by atoms with Crippen molar-refractivity contribution in [2.45, 2.75) is 245 Å². The highest BCUT2D eigenvalue weighted by atomic mass is 16.6. The normalized spacial score (nSPS) is 13.6. The van der Waals surface area contributed by atoms with E-state index in [4.69, 9.17) is 18.9 Å². The van der Waals surface area contributed by atoms with Crippen LogP contribution in [-0.2, 0) is 47.7 Å². The van der Waals surface area contributed by atoms with Gasteiger partial charge in [-0.3, -0.25) is 19.2 Å². The smallest absolute Gasteiger partial charge is 0.362 e. The number of unbranched alkanes of at least 4 members (excludes halogenated alkanes) is 20. The Hall–Kier alpha value is -3.86. The molecule has 16 heteroatoms. The number of hydrogen-bond acceptors (Lipinski definition) is 12. The van der Waals surface area contributed by atoms with Crippen LogP contribution in [0.2, 0.25) is 0 Å². The quantitative estimate of drug-likeness (QED) is 0.0112. The molecule has 0 radical (unpaired) electrons. The second-order valence-electron chi connectivity index (χ2n) is 22.1. The summed E-state index contributed by atoms with van der Waals surface area (Å²) < 4.78 is 21.7. The summed E-state index contributed by atoms with van der Waals surface area (Å²) in [5.41, 5.74) is 0. The molecule has 0 saturated heterocycles. The van der Waals surface area contributed by atoms with Crippen LogP contribution < -0.4 is 10.6 Å². The van der Waals surface area contributed by atoms with E-state index in [1.807, 2.05) is 46.4 Å². The summed E-state index contributed by atoms with van der Waals surface area (Å²) in [5, 5.41) is 27.5. The van der Waals surface area contributed by atoms with Crippen molar-refractivity contribution in [1.82, 2.24) is 10.6 Å². The standard InChI is InChI=1S/C59H108N4O12/c1-9-11-13-14-15-16-23-28-34-40-55(60-56(68)41-35-29-24-19-17-21-26-32-37-52(66)49-74-58(70)47-62(5,6)43-45-72-50(3)64)61-57(69)42-36-30-25-20-18-22-27-33-38-53(67)54(39-31-12-10-2)75-59(71)48-63(7,8)44-46-73-51(4)65/h26-27,32-33,52-55,66-67H,9-25,28-31,34-49H2,1-8H3/p+2. The lowest BCUT2D eigenvalue weighted by atomic mass is 10.0. The maximum atomic E-state index is 13.1. The third kappa shape index (κ3) is 47.1. The molecule has 436 valence electrons. The Balaban J connectivity index is 4.63. The van der Waals surface area contributed by atoms with Crippen LogP contribution in [0, 0.1) is 0 Å². The molecule has 4 atom stereocenters. The lowest BCUT2D eigenvalue weighted by Crippen LogP contribution is -2.47. The van der Waals surface area contributed by atoms with Crippen LogP contribution in [-0.4, -0.2) is 154 Å². The number of ether oxygens (including phenoxy) is 4. The van der Waals surface area contributed by atoms with Gasteiger partial charge in [-0.05, 0) is 77.0 Å². The average Bonchev–Trinajstić information content (AvgIpc) is 3.32. The number of carbonyl (C=O) groups excluding carboxylic acids is 6. The number of amides is 2. The number of esters is 4. The van der Waals surface area contributed by atoms with E-state index in [2.05, 4.69) is 30.6 Å². The van der Waals surface area contributed by atoms with E-state index >= 15 is 0 Å². The third-order valence-corrected chi connectivity index (χ3v) is 13.3. The molecule has 0 aromatic carbocycles. The van der Waals surface area contributed by atoms with Gasteiger partial charge in [0, 0.05) is 26.7 Å². The molecule has 0 rings (SSSR count). The SMILES string of the molecule is CCCCCCCCCCCC(NC(=O)CCCCCCCC=CCC(O)COC(=O)C[N+](C)(C)CCOC(C)=O)NC(=O)CCCCCCCC=CCC(O)C(CCCCC)OC(=O)C[N+](C)(C)CCOC(C)=O. The summed E-state index contributed by atoms with van der Waals surface area (Å²) in [4.78, 5) is 73.3. The van der Waals surface area contributed by atoms with Crippen LogP contribution in [0.15, 0.2) is 24.3 Å². The van der Waals surface area contributed by atoms with Crippen LogP contribution in [0.1, 0.15) is 220 Å². The second-order valence-corrected chi connectivity index (χ2v) is 22.1. The van der Waals surface area contributed by atoms with Gasteiger partial charge < -0.3 is 48.8 Å². The Bertz CT molecular complexity index is 1570. The molecule has 4 N–H and O–H groups in total. The molecular weight excluding hydrogens is 957 g/mol. The van der Waals surface area contributed by atoms with E-state index < -0.39 is 24.3 Å². The van der Waals surface area contributed by atoms with Crippen LogP contribution in [0.25, 0.3) is 0 Å². The molecule has 0 aliphatic rings. The number of allylic oxidation sites excluding steroid dienone is 2. The fraction of sp³-hybridized carbons (Fsp3) is 0.831. The number of rotatable bonds is 50. The highest BCUT2D eigenvalue weighted by molar-refractivity contribution is 5.79. The lowest BCUT2D eigenvalue weighted by Gasteiger charge is -2.30. The minimum atomic E-state index is -0.786. The Morgan fingerprint density at radius 1 is 0.493 bits per heavy atom. The zero-order chi connectivity index (χ0) is 56.0. The molecule has 4 unspecified atom stereocenters. The van der Waals surface area contributed by atoms with E-state index in [1.165, 1.54) is 58.8 Å². The van der Waals surface area contributed by atoms with Gasteiger partial charge in [-0.1, -0.05) is 141 Å². The number of carbonyl (C=O) groups is 6. The summed E-state index contributed by atoms with van der Waals surface area (Å²) in [6.07, 6.45) is 33.7. The first kappa shape index (κ1) is 71.1. The van der Waals surface area contributed by atoms with Gasteiger partial charge in [0.05, 0.1) is 40.4 Å². The first-order valence-electron chi connectivity index (χ1n) is 29.3. The fourth-order valence-electron chi connectivity index (χ4n) is 8.57. The maximum absolute atomic E-state index is 13.1. The van der Waals surface area contributed by atoms with Crippen molar-refractivity contribution in [3.05, 3.63) is 24.3 Å². The topological polar surface area (TPSA) is 204 Å². The van der Waals surface area contributed by atoms with Crippen LogP contribution >= 0.6 is 0 Å². The molecule has 0 aromatic rings. The van der Waals surface area contributed by atoms with Crippen molar-refractivity contribution in [2.75, 3.05) is 74.2 Å². The first-order valence-corrected chi connectivity index (χ1v) is 29.3. The van der Waals surface area contributed by atoms with Gasteiger partial charge in [0.25, 0.3) is 0 Å². The van der Waals surface area contributed by atoms with Gasteiger partial charge in [0.1, 0.15) is 45.2 Å². The van der Waals surface area contributed by atoms with Gasteiger partial charge in [0.2, 0.25) is 11.8 Å². The molecule has 0 fully saturated rings.